The van der Waals surface area contributed by atoms with Crippen LogP contribution in [0.4, 0.5) is 0 Å². The molecule has 0 spiro atoms. The first-order chi connectivity index (χ1) is 6.04. The second kappa shape index (κ2) is 3.69. The molecule has 13 heavy (non-hydrogen) atoms. The number of hydrogen-bond donors (Lipinski definition) is 0. The second-order valence-corrected chi connectivity index (χ2v) is 4.39. The average molecular weight is 183 g/mol. The van der Waals surface area contributed by atoms with Crippen molar-refractivity contribution in [3.63, 3.8) is 0 Å². The lowest BCUT2D eigenvalue weighted by molar-refractivity contribution is -0.134. The molecule has 0 bridgehead atoms. The molecule has 0 N–H and O–H groups in total. The molecule has 0 saturated carbocycles. The van der Waals surface area contributed by atoms with Gasteiger partial charge in [0.1, 0.15) is 0 Å². The van der Waals surface area contributed by atoms with Crippen LogP contribution in [0.15, 0.2) is 0 Å². The van der Waals surface area contributed by atoms with Gasteiger partial charge in [-0.05, 0) is 25.2 Å². The van der Waals surface area contributed by atoms with E-state index in [1.54, 1.807) is 6.92 Å². The lowest BCUT2D eigenvalue weighted by atomic mass is 9.81. The summed E-state index contributed by atoms with van der Waals surface area (Å²) in [4.78, 5) is 13.5. The summed E-state index contributed by atoms with van der Waals surface area (Å²) in [6.45, 7) is 9.30. The summed E-state index contributed by atoms with van der Waals surface area (Å²) >= 11 is 0. The Morgan fingerprint density at radius 3 is 2.46 bits per heavy atom. The van der Waals surface area contributed by atoms with E-state index < -0.39 is 0 Å². The van der Waals surface area contributed by atoms with Gasteiger partial charge in [0.25, 0.3) is 0 Å². The van der Waals surface area contributed by atoms with E-state index in [0.29, 0.717) is 5.92 Å². The molecule has 1 saturated heterocycles. The molecule has 0 unspecified atom stereocenters. The summed E-state index contributed by atoms with van der Waals surface area (Å²) in [5, 5.41) is 0. The lowest BCUT2D eigenvalue weighted by Gasteiger charge is -2.41. The van der Waals surface area contributed by atoms with Crippen molar-refractivity contribution in [1.82, 2.24) is 4.90 Å². The molecule has 1 atom stereocenters. The molecule has 1 heterocycles. The quantitative estimate of drug-likeness (QED) is 0.644. The number of nitrogens with zero attached hydrogens (tertiary/aromatic N) is 1. The molecule has 1 rings (SSSR count). The van der Waals surface area contributed by atoms with Crippen molar-refractivity contribution in [3.05, 3.63) is 0 Å². The van der Waals surface area contributed by atoms with Crippen LogP contribution in [0, 0.1) is 5.92 Å². The zero-order valence-corrected chi connectivity index (χ0v) is 9.26. The Morgan fingerprint density at radius 1 is 1.54 bits per heavy atom. The third kappa shape index (κ3) is 1.59. The molecular weight excluding hydrogens is 162 g/mol. The molecular formula is C11H21NO. The highest BCUT2D eigenvalue weighted by Crippen LogP contribution is 2.38. The van der Waals surface area contributed by atoms with Crippen LogP contribution in [0.25, 0.3) is 0 Å². The van der Waals surface area contributed by atoms with Crippen LogP contribution in [0.3, 0.4) is 0 Å². The van der Waals surface area contributed by atoms with Crippen molar-refractivity contribution in [2.45, 2.75) is 52.5 Å². The van der Waals surface area contributed by atoms with Crippen LogP contribution in [0.5, 0.6) is 0 Å². The molecule has 1 fully saturated rings. The summed E-state index contributed by atoms with van der Waals surface area (Å²) in [5.41, 5.74) is 0.159. The van der Waals surface area contributed by atoms with E-state index >= 15 is 0 Å². The summed E-state index contributed by atoms with van der Waals surface area (Å²) < 4.78 is 0. The van der Waals surface area contributed by atoms with Gasteiger partial charge >= 0.3 is 0 Å². The van der Waals surface area contributed by atoms with Crippen molar-refractivity contribution >= 4 is 5.91 Å². The van der Waals surface area contributed by atoms with Crippen LogP contribution < -0.4 is 0 Å². The standard InChI is InChI=1S/C11H21NO/c1-5-11(9(2)3)7-6-8-12(11)10(4)13/h9H,5-8H2,1-4H3/t11-/m1/s1. The first kappa shape index (κ1) is 10.6. The van der Waals surface area contributed by atoms with Gasteiger partial charge in [0.2, 0.25) is 5.91 Å². The Kier molecular flexibility index (Phi) is 2.99. The Balaban J connectivity index is 2.90. The van der Waals surface area contributed by atoms with E-state index in [2.05, 4.69) is 25.7 Å². The smallest absolute Gasteiger partial charge is 0.219 e. The van der Waals surface area contributed by atoms with Gasteiger partial charge in [-0.1, -0.05) is 20.8 Å². The average Bonchev–Trinajstić information content (AvgIpc) is 2.48. The molecule has 0 aliphatic carbocycles. The minimum absolute atomic E-state index is 0.159. The first-order valence-electron chi connectivity index (χ1n) is 5.33. The van der Waals surface area contributed by atoms with Crippen LogP contribution in [-0.2, 0) is 4.79 Å². The molecule has 2 heteroatoms. The zero-order chi connectivity index (χ0) is 10.1. The first-order valence-corrected chi connectivity index (χ1v) is 5.33. The van der Waals surface area contributed by atoms with Crippen LogP contribution in [0.1, 0.15) is 47.0 Å². The second-order valence-electron chi connectivity index (χ2n) is 4.39. The molecule has 76 valence electrons. The number of amides is 1. The number of rotatable bonds is 2. The minimum atomic E-state index is 0.159. The van der Waals surface area contributed by atoms with Crippen molar-refractivity contribution in [3.8, 4) is 0 Å². The molecule has 0 aromatic rings. The van der Waals surface area contributed by atoms with Crippen LogP contribution in [0.2, 0.25) is 0 Å². The molecule has 1 amide bonds. The normalized spacial score (nSPS) is 28.5. The Morgan fingerprint density at radius 2 is 2.15 bits per heavy atom. The lowest BCUT2D eigenvalue weighted by Crippen LogP contribution is -2.49. The van der Waals surface area contributed by atoms with Gasteiger partial charge in [0, 0.05) is 19.0 Å². The van der Waals surface area contributed by atoms with E-state index in [9.17, 15) is 4.79 Å². The SMILES string of the molecule is CC[C@]1(C(C)C)CCCN1C(C)=O. The van der Waals surface area contributed by atoms with E-state index in [4.69, 9.17) is 0 Å². The number of carbonyl (C=O) groups excluding carboxylic acids is 1. The third-order valence-electron chi connectivity index (χ3n) is 3.60. The van der Waals surface area contributed by atoms with Gasteiger partial charge < -0.3 is 4.90 Å². The van der Waals surface area contributed by atoms with Crippen LogP contribution >= 0.6 is 0 Å². The predicted molar refractivity (Wildman–Crippen MR) is 54.5 cm³/mol. The molecule has 1 aliphatic heterocycles. The van der Waals surface area contributed by atoms with E-state index in [-0.39, 0.29) is 11.4 Å². The number of hydrogen-bond acceptors (Lipinski definition) is 1. The van der Waals surface area contributed by atoms with Gasteiger partial charge in [-0.25, -0.2) is 0 Å². The minimum Gasteiger partial charge on any atom is -0.337 e. The Hall–Kier alpha value is -0.530. The highest BCUT2D eigenvalue weighted by atomic mass is 16.2. The van der Waals surface area contributed by atoms with Gasteiger partial charge in [0.15, 0.2) is 0 Å². The fraction of sp³-hybridized carbons (Fsp3) is 0.909. The molecule has 0 aromatic heterocycles. The van der Waals surface area contributed by atoms with E-state index in [1.807, 2.05) is 0 Å². The zero-order valence-electron chi connectivity index (χ0n) is 9.26. The molecule has 1 aliphatic rings. The third-order valence-corrected chi connectivity index (χ3v) is 3.60. The maximum atomic E-state index is 11.5. The van der Waals surface area contributed by atoms with Crippen molar-refractivity contribution in [2.24, 2.45) is 5.92 Å². The Labute approximate surface area is 81.3 Å². The van der Waals surface area contributed by atoms with Crippen molar-refractivity contribution in [2.75, 3.05) is 6.54 Å². The predicted octanol–water partition coefficient (Wildman–Crippen LogP) is 2.43. The van der Waals surface area contributed by atoms with E-state index in [0.717, 1.165) is 13.0 Å². The fourth-order valence-corrected chi connectivity index (χ4v) is 2.75. The largest absolute Gasteiger partial charge is 0.337 e. The number of carbonyl (C=O) groups is 1. The maximum Gasteiger partial charge on any atom is 0.219 e. The highest BCUT2D eigenvalue weighted by Gasteiger charge is 2.42. The summed E-state index contributed by atoms with van der Waals surface area (Å²) in [6.07, 6.45) is 3.44. The van der Waals surface area contributed by atoms with E-state index in [1.165, 1.54) is 12.8 Å². The van der Waals surface area contributed by atoms with Crippen molar-refractivity contribution < 1.29 is 4.79 Å². The van der Waals surface area contributed by atoms with Gasteiger partial charge in [-0.15, -0.1) is 0 Å². The van der Waals surface area contributed by atoms with Crippen molar-refractivity contribution in [1.29, 1.82) is 0 Å². The topological polar surface area (TPSA) is 20.3 Å². The monoisotopic (exact) mass is 183 g/mol. The summed E-state index contributed by atoms with van der Waals surface area (Å²) in [7, 11) is 0. The number of likely N-dealkylation sites (tertiary alicyclic amines) is 1. The molecule has 0 aromatic carbocycles. The van der Waals surface area contributed by atoms with Gasteiger partial charge in [0.05, 0.1) is 0 Å². The summed E-state index contributed by atoms with van der Waals surface area (Å²) in [5.74, 6) is 0.817. The molecule has 2 nitrogen and oxygen atoms in total. The highest BCUT2D eigenvalue weighted by molar-refractivity contribution is 5.74. The molecule has 0 radical (unpaired) electrons. The Bertz CT molecular complexity index is 200. The summed E-state index contributed by atoms with van der Waals surface area (Å²) in [6, 6.07) is 0. The van der Waals surface area contributed by atoms with Crippen LogP contribution in [-0.4, -0.2) is 22.9 Å². The fourth-order valence-electron chi connectivity index (χ4n) is 2.75. The maximum absolute atomic E-state index is 11.5. The van der Waals surface area contributed by atoms with Gasteiger partial charge in [-0.2, -0.15) is 0 Å². The van der Waals surface area contributed by atoms with Gasteiger partial charge in [-0.3, -0.25) is 4.79 Å².